The Morgan fingerprint density at radius 1 is 1.19 bits per heavy atom. The monoisotopic (exact) mass is 325 g/mol. The van der Waals surface area contributed by atoms with E-state index in [0.717, 1.165) is 30.3 Å². The highest BCUT2D eigenvalue weighted by atomic mass is 32.2. The van der Waals surface area contributed by atoms with Gasteiger partial charge in [0.15, 0.2) is 0 Å². The normalized spacial score (nSPS) is 24.0. The van der Waals surface area contributed by atoms with Gasteiger partial charge in [-0.2, -0.15) is 11.8 Å². The quantitative estimate of drug-likeness (QED) is 0.893. The van der Waals surface area contributed by atoms with Crippen molar-refractivity contribution in [2.24, 2.45) is 0 Å². The van der Waals surface area contributed by atoms with Crippen molar-refractivity contribution in [3.63, 3.8) is 0 Å². The molecule has 2 heterocycles. The van der Waals surface area contributed by atoms with E-state index in [1.54, 1.807) is 0 Å². The predicted octanol–water partition coefficient (Wildman–Crippen LogP) is 3.72. The summed E-state index contributed by atoms with van der Waals surface area (Å²) in [6.45, 7) is 13.0. The Balaban J connectivity index is 2.23. The van der Waals surface area contributed by atoms with Gasteiger partial charge in [0, 0.05) is 34.7 Å². The highest BCUT2D eigenvalue weighted by Crippen LogP contribution is 2.41. The van der Waals surface area contributed by atoms with Crippen LogP contribution in [0.15, 0.2) is 0 Å². The lowest BCUT2D eigenvalue weighted by molar-refractivity contribution is 0.621. The van der Waals surface area contributed by atoms with Gasteiger partial charge in [0.2, 0.25) is 0 Å². The summed E-state index contributed by atoms with van der Waals surface area (Å²) in [6, 6.07) is 0. The topological polar surface area (TPSA) is 37.8 Å². The number of nitrogens with zero attached hydrogens (tertiary/aromatic N) is 2. The molecule has 1 aliphatic rings. The summed E-state index contributed by atoms with van der Waals surface area (Å²) in [5.41, 5.74) is 3.64. The molecule has 1 aliphatic heterocycles. The van der Waals surface area contributed by atoms with Crippen molar-refractivity contribution in [2.45, 2.75) is 51.0 Å². The molecule has 118 valence electrons. The van der Waals surface area contributed by atoms with Crippen LogP contribution in [0.3, 0.4) is 0 Å². The molecule has 0 aromatic carbocycles. The van der Waals surface area contributed by atoms with Crippen molar-refractivity contribution in [1.82, 2.24) is 15.3 Å². The van der Waals surface area contributed by atoms with E-state index in [2.05, 4.69) is 39.9 Å². The van der Waals surface area contributed by atoms with Crippen LogP contribution in [0.25, 0.3) is 0 Å². The third kappa shape index (κ3) is 4.14. The molecule has 1 aromatic rings. The van der Waals surface area contributed by atoms with E-state index in [1.165, 1.54) is 17.1 Å². The number of rotatable bonds is 5. The third-order valence-electron chi connectivity index (χ3n) is 3.98. The van der Waals surface area contributed by atoms with Gasteiger partial charge in [0.25, 0.3) is 0 Å². The van der Waals surface area contributed by atoms with Gasteiger partial charge in [0.1, 0.15) is 5.82 Å². The first kappa shape index (κ1) is 17.1. The molecule has 1 N–H and O–H groups in total. The molecule has 0 spiro atoms. The second kappa shape index (κ2) is 7.84. The molecule has 1 fully saturated rings. The molecule has 0 amide bonds. The molecule has 1 aromatic heterocycles. The third-order valence-corrected chi connectivity index (χ3v) is 7.07. The van der Waals surface area contributed by atoms with Crippen LogP contribution in [0.2, 0.25) is 0 Å². The van der Waals surface area contributed by atoms with Crippen molar-refractivity contribution >= 4 is 23.5 Å². The van der Waals surface area contributed by atoms with Crippen molar-refractivity contribution in [1.29, 1.82) is 0 Å². The van der Waals surface area contributed by atoms with E-state index >= 15 is 0 Å². The fourth-order valence-corrected chi connectivity index (χ4v) is 5.66. The Labute approximate surface area is 137 Å². The van der Waals surface area contributed by atoms with E-state index in [1.807, 2.05) is 23.5 Å². The number of thioether (sulfide) groups is 2. The average Bonchev–Trinajstić information content (AvgIpc) is 2.44. The fourth-order valence-electron chi connectivity index (χ4n) is 2.97. The first-order chi connectivity index (χ1) is 10.0. The Morgan fingerprint density at radius 3 is 2.38 bits per heavy atom. The Morgan fingerprint density at radius 2 is 1.81 bits per heavy atom. The van der Waals surface area contributed by atoms with Gasteiger partial charge in [0.05, 0.1) is 5.25 Å². The molecule has 21 heavy (non-hydrogen) atoms. The lowest BCUT2D eigenvalue weighted by atomic mass is 9.98. The lowest BCUT2D eigenvalue weighted by Crippen LogP contribution is -2.23. The molecule has 1 saturated heterocycles. The Hall–Kier alpha value is -0.260. The maximum atomic E-state index is 4.86. The number of hydrogen-bond donors (Lipinski definition) is 1. The molecule has 0 aliphatic carbocycles. The van der Waals surface area contributed by atoms with Crippen LogP contribution in [0, 0.1) is 13.8 Å². The largest absolute Gasteiger partial charge is 0.316 e. The van der Waals surface area contributed by atoms with Gasteiger partial charge in [-0.05, 0) is 31.9 Å². The Kier molecular flexibility index (Phi) is 6.38. The van der Waals surface area contributed by atoms with Crippen molar-refractivity contribution in [2.75, 3.05) is 24.6 Å². The summed E-state index contributed by atoms with van der Waals surface area (Å²) < 4.78 is 0. The summed E-state index contributed by atoms with van der Waals surface area (Å²) in [7, 11) is 0. The van der Waals surface area contributed by atoms with E-state index < -0.39 is 0 Å². The van der Waals surface area contributed by atoms with Crippen molar-refractivity contribution in [3.05, 3.63) is 22.8 Å². The summed E-state index contributed by atoms with van der Waals surface area (Å²) in [5, 5.41) is 4.47. The van der Waals surface area contributed by atoms with Crippen molar-refractivity contribution in [3.8, 4) is 0 Å². The second-order valence-corrected chi connectivity index (χ2v) is 8.48. The molecule has 0 bridgehead atoms. The molecule has 5 heteroatoms. The molecular formula is C16H27N3S2. The van der Waals surface area contributed by atoms with Gasteiger partial charge in [-0.3, -0.25) is 0 Å². The minimum Gasteiger partial charge on any atom is -0.316 e. The zero-order valence-corrected chi connectivity index (χ0v) is 15.4. The van der Waals surface area contributed by atoms with Crippen LogP contribution in [0.1, 0.15) is 54.7 Å². The first-order valence-electron chi connectivity index (χ1n) is 7.83. The second-order valence-electron chi connectivity index (χ2n) is 5.74. The number of hydrogen-bond acceptors (Lipinski definition) is 5. The maximum absolute atomic E-state index is 4.86. The summed E-state index contributed by atoms with van der Waals surface area (Å²) in [5.74, 6) is 3.96. The van der Waals surface area contributed by atoms with Crippen molar-refractivity contribution < 1.29 is 0 Å². The number of aryl methyl sites for hydroxylation is 2. The van der Waals surface area contributed by atoms with Crippen LogP contribution < -0.4 is 5.32 Å². The highest BCUT2D eigenvalue weighted by Gasteiger charge is 2.28. The van der Waals surface area contributed by atoms with Crippen LogP contribution in [0.4, 0.5) is 0 Å². The molecule has 3 atom stereocenters. The minimum absolute atomic E-state index is 0.444. The zero-order valence-electron chi connectivity index (χ0n) is 13.8. The maximum Gasteiger partial charge on any atom is 0.142 e. The SMILES string of the molecule is CCNCC(C)c1c(C)nc(C2SCCSC2C)nc1C. The number of likely N-dealkylation sites (N-methyl/N-ethyl adjacent to an activating group) is 1. The predicted molar refractivity (Wildman–Crippen MR) is 95.6 cm³/mol. The molecule has 3 nitrogen and oxygen atoms in total. The van der Waals surface area contributed by atoms with E-state index in [0.29, 0.717) is 16.4 Å². The smallest absolute Gasteiger partial charge is 0.142 e. The van der Waals surface area contributed by atoms with E-state index in [9.17, 15) is 0 Å². The van der Waals surface area contributed by atoms with Gasteiger partial charge < -0.3 is 5.32 Å². The summed E-state index contributed by atoms with van der Waals surface area (Å²) in [6.07, 6.45) is 0. The fraction of sp³-hybridized carbons (Fsp3) is 0.750. The molecule has 3 unspecified atom stereocenters. The number of aromatic nitrogens is 2. The molecule has 0 radical (unpaired) electrons. The standard InChI is InChI=1S/C16H27N3S2/c1-6-17-9-10(2)14-11(3)18-16(19-12(14)4)15-13(5)20-7-8-21-15/h10,13,15,17H,6-9H2,1-5H3. The van der Waals surface area contributed by atoms with E-state index in [-0.39, 0.29) is 0 Å². The van der Waals surface area contributed by atoms with Crippen LogP contribution in [0.5, 0.6) is 0 Å². The molecule has 0 saturated carbocycles. The molecular weight excluding hydrogens is 298 g/mol. The van der Waals surface area contributed by atoms with Gasteiger partial charge in [-0.1, -0.05) is 20.8 Å². The zero-order chi connectivity index (χ0) is 15.4. The lowest BCUT2D eigenvalue weighted by Gasteiger charge is -2.28. The average molecular weight is 326 g/mol. The molecule has 2 rings (SSSR count). The van der Waals surface area contributed by atoms with Gasteiger partial charge in [-0.15, -0.1) is 11.8 Å². The highest BCUT2D eigenvalue weighted by molar-refractivity contribution is 8.06. The Bertz CT molecular complexity index is 456. The van der Waals surface area contributed by atoms with Crippen LogP contribution in [-0.2, 0) is 0 Å². The summed E-state index contributed by atoms with van der Waals surface area (Å²) in [4.78, 5) is 9.73. The first-order valence-corrected chi connectivity index (χ1v) is 9.93. The van der Waals surface area contributed by atoms with Gasteiger partial charge >= 0.3 is 0 Å². The van der Waals surface area contributed by atoms with Crippen LogP contribution >= 0.6 is 23.5 Å². The van der Waals surface area contributed by atoms with Crippen LogP contribution in [-0.4, -0.2) is 39.8 Å². The number of nitrogens with one attached hydrogen (secondary N) is 1. The van der Waals surface area contributed by atoms with E-state index in [4.69, 9.17) is 9.97 Å². The minimum atomic E-state index is 0.444. The van der Waals surface area contributed by atoms with Gasteiger partial charge in [-0.25, -0.2) is 9.97 Å². The summed E-state index contributed by atoms with van der Waals surface area (Å²) >= 11 is 4.06.